The van der Waals surface area contributed by atoms with Gasteiger partial charge in [-0.1, -0.05) is 0 Å². The number of benzene rings is 3. The summed E-state index contributed by atoms with van der Waals surface area (Å²) < 4.78 is 39.2. The molecule has 2 heterocycles. The molecule has 0 saturated heterocycles. The summed E-state index contributed by atoms with van der Waals surface area (Å²) in [7, 11) is -2.77. The van der Waals surface area contributed by atoms with E-state index >= 15 is 0 Å². The fourth-order valence-electron chi connectivity index (χ4n) is 4.54. The summed E-state index contributed by atoms with van der Waals surface area (Å²) >= 11 is 0.373. The molecule has 0 amide bonds. The van der Waals surface area contributed by atoms with Gasteiger partial charge in [0.25, 0.3) is 0 Å². The van der Waals surface area contributed by atoms with E-state index in [-0.39, 0.29) is 5.41 Å². The molecule has 3 aromatic carbocycles. The Morgan fingerprint density at radius 1 is 0.794 bits per heavy atom. The molecule has 2 aliphatic heterocycles. The summed E-state index contributed by atoms with van der Waals surface area (Å²) in [4.78, 5) is 0. The minimum Gasteiger partial charge on any atom is -0.222 e. The summed E-state index contributed by atoms with van der Waals surface area (Å²) in [5.74, 6) is 0. The Labute approximate surface area is 207 Å². The summed E-state index contributed by atoms with van der Waals surface area (Å²) in [6.45, 7) is 4.63. The molecule has 34 heavy (non-hydrogen) atoms. The molecule has 0 bridgehead atoms. The van der Waals surface area contributed by atoms with Gasteiger partial charge in [0.2, 0.25) is 0 Å². The van der Waals surface area contributed by atoms with Gasteiger partial charge in [0.05, 0.1) is 0 Å². The van der Waals surface area contributed by atoms with Crippen LogP contribution in [0.5, 0.6) is 0 Å². The van der Waals surface area contributed by atoms with E-state index in [0.717, 1.165) is 0 Å². The number of halogens is 1. The van der Waals surface area contributed by atoms with E-state index in [1.54, 1.807) is 0 Å². The molecule has 174 valence electrons. The maximum Gasteiger partial charge on any atom is -0.112 e. The summed E-state index contributed by atoms with van der Waals surface area (Å²) in [5, 5.41) is 0. The molecule has 0 N–H and O–H groups in total. The Morgan fingerprint density at radius 2 is 1.29 bits per heavy atom. The van der Waals surface area contributed by atoms with Gasteiger partial charge in [-0.15, -0.1) is 10.2 Å². The maximum atomic E-state index is 8.49. The van der Waals surface area contributed by atoms with Crippen LogP contribution in [0, 0.1) is 10.2 Å². The van der Waals surface area contributed by atoms with Gasteiger partial charge in [0.1, 0.15) is 0 Å². The Morgan fingerprint density at radius 3 is 1.85 bits per heavy atom. The first-order valence-electron chi connectivity index (χ1n) is 10.6. The molecule has 0 unspecified atom stereocenters. The molecule has 0 atom stereocenters. The summed E-state index contributed by atoms with van der Waals surface area (Å²) in [6, 6.07) is 26.4. The molecule has 3 aromatic rings. The topological polar surface area (TPSA) is 95.2 Å². The van der Waals surface area contributed by atoms with Crippen molar-refractivity contribution in [2.24, 2.45) is 0 Å². The Bertz CT molecular complexity index is 1270. The van der Waals surface area contributed by atoms with Gasteiger partial charge in [-0.05, 0) is 0 Å². The first-order valence-corrected chi connectivity index (χ1v) is 13.6. The first-order chi connectivity index (χ1) is 16.1. The third-order valence-corrected chi connectivity index (χ3v) is 8.45. The molecule has 5 rings (SSSR count). The second-order valence-corrected chi connectivity index (χ2v) is 11.5. The number of nitrogens with zero attached hydrogens (tertiary/aromatic N) is 1. The Balaban J connectivity index is 0.000000499. The van der Waals surface area contributed by atoms with Crippen LogP contribution in [0.25, 0.3) is 5.57 Å². The van der Waals surface area contributed by atoms with Crippen LogP contribution < -0.4 is 27.6 Å². The summed E-state index contributed by atoms with van der Waals surface area (Å²) in [5.41, 5.74) is 8.12. The molecule has 7 heteroatoms. The molecule has 0 aliphatic carbocycles. The third kappa shape index (κ3) is 5.09. The monoisotopic (exact) mass is 541 g/mol. The molecule has 0 fully saturated rings. The Kier molecular flexibility index (Phi) is 6.94. The first kappa shape index (κ1) is 24.6. The van der Waals surface area contributed by atoms with Crippen LogP contribution in [-0.2, 0) is 5.41 Å². The van der Waals surface area contributed by atoms with E-state index in [1.165, 1.54) is 42.6 Å². The van der Waals surface area contributed by atoms with Crippen molar-refractivity contribution in [1.29, 1.82) is 0 Å². The van der Waals surface area contributed by atoms with Crippen molar-refractivity contribution in [3.8, 4) is 0 Å². The van der Waals surface area contributed by atoms with Gasteiger partial charge in [-0.3, -0.25) is 0 Å². The number of hydrogen-bond donors (Lipinski definition) is 0. The van der Waals surface area contributed by atoms with Crippen molar-refractivity contribution < 1.29 is 33.5 Å². The van der Waals surface area contributed by atoms with Crippen molar-refractivity contribution in [2.75, 3.05) is 7.05 Å². The summed E-state index contributed by atoms with van der Waals surface area (Å²) in [6.07, 6.45) is 6.82. The van der Waals surface area contributed by atoms with Crippen LogP contribution in [0.15, 0.2) is 91.0 Å². The zero-order valence-corrected chi connectivity index (χ0v) is 21.5. The third-order valence-electron chi connectivity index (χ3n) is 6.03. The second-order valence-electron chi connectivity index (χ2n) is 8.50. The van der Waals surface area contributed by atoms with Crippen molar-refractivity contribution in [3.05, 3.63) is 108 Å². The van der Waals surface area contributed by atoms with Gasteiger partial charge in [0, 0.05) is 0 Å². The van der Waals surface area contributed by atoms with Crippen LogP contribution in [-0.4, -0.2) is 32.3 Å². The zero-order chi connectivity index (χ0) is 24.5. The molecule has 0 saturated carbocycles. The predicted molar refractivity (Wildman–Crippen MR) is 124 cm³/mol. The number of fused-ring (bicyclic) bond motifs is 3. The van der Waals surface area contributed by atoms with E-state index in [9.17, 15) is 0 Å². The van der Waals surface area contributed by atoms with Crippen molar-refractivity contribution in [1.82, 2.24) is 0 Å². The predicted octanol–water partition coefficient (Wildman–Crippen LogP) is -0.407. The van der Waals surface area contributed by atoms with Crippen molar-refractivity contribution >= 4 is 40.9 Å². The van der Waals surface area contributed by atoms with Crippen LogP contribution in [0.2, 0.25) is 0 Å². The van der Waals surface area contributed by atoms with Crippen molar-refractivity contribution in [3.63, 3.8) is 0 Å². The molecular formula is C27H24ClNO4Se. The zero-order valence-electron chi connectivity index (χ0n) is 19.0. The van der Waals surface area contributed by atoms with Crippen LogP contribution in [0.1, 0.15) is 30.5 Å². The van der Waals surface area contributed by atoms with E-state index in [0.29, 0.717) is 15.0 Å². The Hall–Kier alpha value is -2.54. The largest absolute Gasteiger partial charge is 0.222 e. The smallest absolute Gasteiger partial charge is 0.112 e. The van der Waals surface area contributed by atoms with Crippen LogP contribution in [0.3, 0.4) is 0 Å². The van der Waals surface area contributed by atoms with Gasteiger partial charge < -0.3 is 0 Å². The van der Waals surface area contributed by atoms with E-state index in [1.807, 2.05) is 0 Å². The standard InChI is InChI=1S/C27H24NSe.ClHO4/c1-27(2)22-14-6-7-15-23(22)28(3)26(27)18-10-13-19-20-11-4-8-16-24(20)29-25-17-9-5-12-21(19)25;2-1(3,4)5/h4-18H,1-3H3;(H,2,3,4,5)/q+1;/p-1/b18-10+;. The normalized spacial score (nSPS) is 15.9. The average molecular weight is 541 g/mol. The van der Waals surface area contributed by atoms with Crippen LogP contribution in [0.4, 0.5) is 5.69 Å². The number of rotatable bonds is 2. The SMILES string of the molecule is C[N+]1=C(/C=C/C=C2c3ccccc3[Se]c3ccccc32)C(C)(C)c2ccccc21.[O-][Cl+3]([O-])([O-])[O-]. The van der Waals surface area contributed by atoms with Gasteiger partial charge in [0.15, 0.2) is 0 Å². The number of para-hydroxylation sites is 1. The fraction of sp³-hybridized carbons (Fsp3) is 0.148. The van der Waals surface area contributed by atoms with Crippen LogP contribution >= 0.6 is 0 Å². The molecule has 2 aliphatic rings. The van der Waals surface area contributed by atoms with Gasteiger partial charge in [-0.25, -0.2) is 18.6 Å². The van der Waals surface area contributed by atoms with Gasteiger partial charge in [-0.2, -0.15) is 0 Å². The number of hydrogen-bond acceptors (Lipinski definition) is 4. The van der Waals surface area contributed by atoms with E-state index < -0.39 is 10.2 Å². The minimum absolute atomic E-state index is 0.00579. The molecule has 0 aromatic heterocycles. The van der Waals surface area contributed by atoms with E-state index in [4.69, 9.17) is 18.6 Å². The average Bonchev–Trinajstić information content (AvgIpc) is 2.98. The van der Waals surface area contributed by atoms with Gasteiger partial charge >= 0.3 is 179 Å². The fourth-order valence-corrected chi connectivity index (χ4v) is 6.86. The minimum atomic E-state index is -4.94. The quantitative estimate of drug-likeness (QED) is 0.255. The second kappa shape index (κ2) is 9.61. The maximum absolute atomic E-state index is 8.49. The van der Waals surface area contributed by atoms with Crippen molar-refractivity contribution in [2.45, 2.75) is 19.3 Å². The molecule has 0 spiro atoms. The molecule has 0 radical (unpaired) electrons. The van der Waals surface area contributed by atoms with E-state index in [2.05, 4.69) is 116 Å². The molecule has 5 nitrogen and oxygen atoms in total. The molecular weight excluding hydrogens is 517 g/mol. The number of allylic oxidation sites excluding steroid dienone is 3.